The van der Waals surface area contributed by atoms with Crippen LogP contribution in [0.25, 0.3) is 0 Å². The Bertz CT molecular complexity index is 665. The lowest BCUT2D eigenvalue weighted by atomic mass is 10.2. The predicted molar refractivity (Wildman–Crippen MR) is 83.8 cm³/mol. The number of halogens is 1. The Balaban J connectivity index is 1.96. The smallest absolute Gasteiger partial charge is 0.216 e. The molecule has 0 aliphatic carbocycles. The summed E-state index contributed by atoms with van der Waals surface area (Å²) in [5.41, 5.74) is 1.46. The molecule has 0 radical (unpaired) electrons. The normalized spacial score (nSPS) is 11.7. The van der Waals surface area contributed by atoms with Crippen LogP contribution in [-0.4, -0.2) is 13.5 Å². The van der Waals surface area contributed by atoms with Crippen LogP contribution in [0.15, 0.2) is 40.2 Å². The molecule has 2 aromatic rings. The number of nitrogens with one attached hydrogen (secondary N) is 1. The Hall–Kier alpha value is -0.730. The van der Waals surface area contributed by atoms with E-state index in [4.69, 9.17) is 5.11 Å². The van der Waals surface area contributed by atoms with Gasteiger partial charge < -0.3 is 5.11 Å². The van der Waals surface area contributed by atoms with Gasteiger partial charge in [-0.25, -0.2) is 13.1 Å². The fraction of sp³-hybridized carbons (Fsp3) is 0.231. The van der Waals surface area contributed by atoms with Crippen molar-refractivity contribution in [3.63, 3.8) is 0 Å². The number of benzene rings is 1. The van der Waals surface area contributed by atoms with Crippen molar-refractivity contribution in [2.45, 2.75) is 18.9 Å². The van der Waals surface area contributed by atoms with Crippen LogP contribution in [0.4, 0.5) is 0 Å². The highest BCUT2D eigenvalue weighted by Gasteiger charge is 2.12. The van der Waals surface area contributed by atoms with Crippen molar-refractivity contribution < 1.29 is 13.5 Å². The van der Waals surface area contributed by atoms with E-state index in [2.05, 4.69) is 20.7 Å². The van der Waals surface area contributed by atoms with Crippen molar-refractivity contribution in [1.29, 1.82) is 0 Å². The maximum atomic E-state index is 12.0. The molecule has 108 valence electrons. The standard InChI is InChI=1S/C13H14BrNO3S2/c14-13-6-5-12(19-13)7-15-20(17,18)9-11-3-1-10(8-16)2-4-11/h1-6,15-16H,7-9H2. The molecule has 0 saturated heterocycles. The second kappa shape index (κ2) is 6.82. The van der Waals surface area contributed by atoms with E-state index in [1.165, 1.54) is 11.3 Å². The first-order valence-corrected chi connectivity index (χ1v) is 9.15. The molecule has 2 N–H and O–H groups in total. The van der Waals surface area contributed by atoms with Crippen LogP contribution in [0.1, 0.15) is 16.0 Å². The number of thiophene rings is 1. The number of hydrogen-bond acceptors (Lipinski definition) is 4. The SMILES string of the molecule is O=S(=O)(Cc1ccc(CO)cc1)NCc1ccc(Br)s1. The average Bonchev–Trinajstić information content (AvgIpc) is 2.83. The van der Waals surface area contributed by atoms with Gasteiger partial charge in [0, 0.05) is 11.4 Å². The van der Waals surface area contributed by atoms with Gasteiger partial charge in [0.1, 0.15) is 0 Å². The zero-order valence-electron chi connectivity index (χ0n) is 10.5. The van der Waals surface area contributed by atoms with Crippen LogP contribution >= 0.6 is 27.3 Å². The van der Waals surface area contributed by atoms with Crippen LogP contribution in [0, 0.1) is 0 Å². The van der Waals surface area contributed by atoms with Gasteiger partial charge in [0.25, 0.3) is 0 Å². The zero-order valence-corrected chi connectivity index (χ0v) is 13.8. The van der Waals surface area contributed by atoms with E-state index in [0.717, 1.165) is 14.2 Å². The van der Waals surface area contributed by atoms with E-state index in [-0.39, 0.29) is 12.4 Å². The molecule has 20 heavy (non-hydrogen) atoms. The summed E-state index contributed by atoms with van der Waals surface area (Å²) in [5.74, 6) is -0.0642. The molecule has 4 nitrogen and oxygen atoms in total. The maximum absolute atomic E-state index is 12.0. The summed E-state index contributed by atoms with van der Waals surface area (Å²) < 4.78 is 27.5. The molecule has 0 bridgehead atoms. The summed E-state index contributed by atoms with van der Waals surface area (Å²) in [6, 6.07) is 10.6. The highest BCUT2D eigenvalue weighted by molar-refractivity contribution is 9.11. The molecule has 7 heteroatoms. The minimum absolute atomic E-state index is 0.0431. The third-order valence-electron chi connectivity index (χ3n) is 2.66. The van der Waals surface area contributed by atoms with E-state index in [1.807, 2.05) is 12.1 Å². The molecule has 0 aliphatic rings. The second-order valence-electron chi connectivity index (χ2n) is 4.26. The molecular formula is C13H14BrNO3S2. The van der Waals surface area contributed by atoms with Crippen molar-refractivity contribution in [2.75, 3.05) is 0 Å². The van der Waals surface area contributed by atoms with E-state index in [0.29, 0.717) is 12.1 Å². The molecule has 0 atom stereocenters. The topological polar surface area (TPSA) is 66.4 Å². The van der Waals surface area contributed by atoms with Gasteiger partial charge in [-0.3, -0.25) is 0 Å². The van der Waals surface area contributed by atoms with Crippen molar-refractivity contribution in [3.05, 3.63) is 56.2 Å². The zero-order chi connectivity index (χ0) is 14.6. The van der Waals surface area contributed by atoms with E-state index in [1.54, 1.807) is 24.3 Å². The summed E-state index contributed by atoms with van der Waals surface area (Å²) >= 11 is 4.84. The molecule has 1 aromatic heterocycles. The van der Waals surface area contributed by atoms with Gasteiger partial charge in [0.05, 0.1) is 16.1 Å². The molecule has 0 fully saturated rings. The first-order chi connectivity index (χ1) is 9.48. The molecule has 0 saturated carbocycles. The predicted octanol–water partition coefficient (Wildman–Crippen LogP) is 2.62. The molecule has 0 amide bonds. The number of sulfonamides is 1. The Labute approximate surface area is 130 Å². The highest BCUT2D eigenvalue weighted by atomic mass is 79.9. The van der Waals surface area contributed by atoms with E-state index in [9.17, 15) is 8.42 Å². The van der Waals surface area contributed by atoms with Crippen molar-refractivity contribution in [3.8, 4) is 0 Å². The molecule has 1 heterocycles. The minimum atomic E-state index is -3.36. The van der Waals surface area contributed by atoms with Crippen LogP contribution in [-0.2, 0) is 28.9 Å². The quantitative estimate of drug-likeness (QED) is 0.815. The average molecular weight is 376 g/mol. The van der Waals surface area contributed by atoms with Gasteiger partial charge in [0.2, 0.25) is 10.0 Å². The fourth-order valence-electron chi connectivity index (χ4n) is 1.64. The Morgan fingerprint density at radius 3 is 2.30 bits per heavy atom. The summed E-state index contributed by atoms with van der Waals surface area (Å²) in [7, 11) is -3.36. The summed E-state index contributed by atoms with van der Waals surface area (Å²) in [6.45, 7) is 0.256. The lowest BCUT2D eigenvalue weighted by molar-refractivity contribution is 0.282. The molecule has 0 unspecified atom stereocenters. The fourth-order valence-corrected chi connectivity index (χ4v) is 4.26. The number of aliphatic hydroxyl groups is 1. The highest BCUT2D eigenvalue weighted by Crippen LogP contribution is 2.22. The third-order valence-corrected chi connectivity index (χ3v) is 5.58. The summed E-state index contributed by atoms with van der Waals surface area (Å²) in [4.78, 5) is 0.955. The maximum Gasteiger partial charge on any atom is 0.216 e. The molecule has 1 aromatic carbocycles. The lowest BCUT2D eigenvalue weighted by Gasteiger charge is -2.06. The van der Waals surface area contributed by atoms with Crippen molar-refractivity contribution in [1.82, 2.24) is 4.72 Å². The monoisotopic (exact) mass is 375 g/mol. The number of rotatable bonds is 6. The van der Waals surface area contributed by atoms with Gasteiger partial charge in [-0.2, -0.15) is 0 Å². The molecular weight excluding hydrogens is 362 g/mol. The molecule has 0 spiro atoms. The second-order valence-corrected chi connectivity index (χ2v) is 8.62. The van der Waals surface area contributed by atoms with Crippen LogP contribution in [0.3, 0.4) is 0 Å². The largest absolute Gasteiger partial charge is 0.392 e. The van der Waals surface area contributed by atoms with Gasteiger partial charge in [0.15, 0.2) is 0 Å². The van der Waals surface area contributed by atoms with Crippen LogP contribution < -0.4 is 4.72 Å². The van der Waals surface area contributed by atoms with Gasteiger partial charge in [-0.1, -0.05) is 24.3 Å². The van der Waals surface area contributed by atoms with Crippen molar-refractivity contribution in [2.24, 2.45) is 0 Å². The van der Waals surface area contributed by atoms with E-state index >= 15 is 0 Å². The van der Waals surface area contributed by atoms with Gasteiger partial charge in [-0.05, 0) is 39.2 Å². The summed E-state index contributed by atoms with van der Waals surface area (Å²) in [6.07, 6.45) is 0. The van der Waals surface area contributed by atoms with Gasteiger partial charge in [-0.15, -0.1) is 11.3 Å². The van der Waals surface area contributed by atoms with E-state index < -0.39 is 10.0 Å². The Morgan fingerprint density at radius 1 is 1.10 bits per heavy atom. The Kier molecular flexibility index (Phi) is 5.34. The Morgan fingerprint density at radius 2 is 1.75 bits per heavy atom. The third kappa shape index (κ3) is 4.68. The van der Waals surface area contributed by atoms with Crippen molar-refractivity contribution >= 4 is 37.3 Å². The number of hydrogen-bond donors (Lipinski definition) is 2. The van der Waals surface area contributed by atoms with Crippen LogP contribution in [0.2, 0.25) is 0 Å². The first kappa shape index (κ1) is 15.7. The minimum Gasteiger partial charge on any atom is -0.392 e. The number of aliphatic hydroxyl groups excluding tert-OH is 1. The first-order valence-electron chi connectivity index (χ1n) is 5.89. The summed E-state index contributed by atoms with van der Waals surface area (Å²) in [5, 5.41) is 8.94. The van der Waals surface area contributed by atoms with Crippen LogP contribution in [0.5, 0.6) is 0 Å². The lowest BCUT2D eigenvalue weighted by Crippen LogP contribution is -2.24. The van der Waals surface area contributed by atoms with Gasteiger partial charge >= 0.3 is 0 Å². The molecule has 0 aliphatic heterocycles. The molecule has 2 rings (SSSR count).